The van der Waals surface area contributed by atoms with Crippen molar-refractivity contribution >= 4 is 35.0 Å². The van der Waals surface area contributed by atoms with Gasteiger partial charge >= 0.3 is 0 Å². The van der Waals surface area contributed by atoms with Crippen molar-refractivity contribution in [3.63, 3.8) is 0 Å². The van der Waals surface area contributed by atoms with Crippen LogP contribution in [0.4, 0.5) is 0 Å². The number of likely N-dealkylation sites (N-methyl/N-ethyl adjacent to an activating group) is 1. The number of benzene rings is 2. The molecule has 3 N–H and O–H groups in total. The number of nitrogens with one attached hydrogen (secondary N) is 3. The van der Waals surface area contributed by atoms with Gasteiger partial charge in [-0.15, -0.1) is 12.4 Å². The van der Waals surface area contributed by atoms with Crippen LogP contribution in [0.3, 0.4) is 0 Å². The lowest BCUT2D eigenvalue weighted by molar-refractivity contribution is -0.125. The first-order valence-electron chi connectivity index (χ1n) is 8.33. The third-order valence-corrected chi connectivity index (χ3v) is 3.84. The molecular formula is C19H26ClN3O2. The van der Waals surface area contributed by atoms with E-state index in [0.717, 1.165) is 22.9 Å². The number of hydrogen-bond donors (Lipinski definition) is 3. The summed E-state index contributed by atoms with van der Waals surface area (Å²) in [6, 6.07) is 14.1. The summed E-state index contributed by atoms with van der Waals surface area (Å²) < 4.78 is 0. The van der Waals surface area contributed by atoms with E-state index in [4.69, 9.17) is 0 Å². The maximum Gasteiger partial charge on any atom is 0.239 e. The van der Waals surface area contributed by atoms with Gasteiger partial charge in [0.1, 0.15) is 0 Å². The zero-order chi connectivity index (χ0) is 17.4. The molecule has 0 aromatic heterocycles. The van der Waals surface area contributed by atoms with Crippen LogP contribution in [0.1, 0.15) is 19.4 Å². The topological polar surface area (TPSA) is 70.2 Å². The van der Waals surface area contributed by atoms with E-state index >= 15 is 0 Å². The molecule has 2 aromatic rings. The molecule has 0 unspecified atom stereocenters. The molecule has 2 aromatic carbocycles. The van der Waals surface area contributed by atoms with Crippen LogP contribution in [0.2, 0.25) is 0 Å². The lowest BCUT2D eigenvalue weighted by Crippen LogP contribution is -2.43. The van der Waals surface area contributed by atoms with Crippen LogP contribution >= 0.6 is 12.4 Å². The van der Waals surface area contributed by atoms with E-state index < -0.39 is 0 Å². The molecule has 0 aliphatic heterocycles. The highest BCUT2D eigenvalue weighted by Gasteiger charge is 2.09. The van der Waals surface area contributed by atoms with Crippen LogP contribution in [-0.4, -0.2) is 37.5 Å². The van der Waals surface area contributed by atoms with E-state index in [-0.39, 0.29) is 43.2 Å². The van der Waals surface area contributed by atoms with Crippen molar-refractivity contribution in [2.75, 3.05) is 19.6 Å². The summed E-state index contributed by atoms with van der Waals surface area (Å²) in [5.41, 5.74) is 0.965. The van der Waals surface area contributed by atoms with E-state index in [0.29, 0.717) is 6.54 Å². The molecule has 1 atom stereocenters. The molecule has 136 valence electrons. The van der Waals surface area contributed by atoms with Gasteiger partial charge in [-0.25, -0.2) is 0 Å². The zero-order valence-electron chi connectivity index (χ0n) is 14.7. The van der Waals surface area contributed by atoms with Gasteiger partial charge in [0.15, 0.2) is 0 Å². The number of carbonyl (C=O) groups is 2. The first kappa shape index (κ1) is 20.9. The molecule has 0 spiro atoms. The van der Waals surface area contributed by atoms with Crippen LogP contribution in [0.5, 0.6) is 0 Å². The highest BCUT2D eigenvalue weighted by Crippen LogP contribution is 2.18. The molecule has 2 rings (SSSR count). The van der Waals surface area contributed by atoms with Crippen LogP contribution in [0.25, 0.3) is 10.8 Å². The molecule has 0 saturated carbocycles. The molecule has 25 heavy (non-hydrogen) atoms. The predicted molar refractivity (Wildman–Crippen MR) is 104 cm³/mol. The number of amides is 2. The fraction of sp³-hybridized carbons (Fsp3) is 0.368. The van der Waals surface area contributed by atoms with Crippen molar-refractivity contribution in [1.29, 1.82) is 0 Å². The summed E-state index contributed by atoms with van der Waals surface area (Å²) in [4.78, 5) is 23.9. The van der Waals surface area contributed by atoms with Crippen molar-refractivity contribution < 1.29 is 9.59 Å². The van der Waals surface area contributed by atoms with Crippen molar-refractivity contribution in [2.24, 2.45) is 0 Å². The zero-order valence-corrected chi connectivity index (χ0v) is 15.5. The minimum Gasteiger partial charge on any atom is -0.353 e. The highest BCUT2D eigenvalue weighted by molar-refractivity contribution is 5.91. The summed E-state index contributed by atoms with van der Waals surface area (Å²) in [5, 5.41) is 10.9. The monoisotopic (exact) mass is 363 g/mol. The van der Waals surface area contributed by atoms with Gasteiger partial charge in [0.25, 0.3) is 0 Å². The maximum absolute atomic E-state index is 12.1. The van der Waals surface area contributed by atoms with Crippen LogP contribution < -0.4 is 16.0 Å². The predicted octanol–water partition coefficient (Wildman–Crippen LogP) is 2.03. The van der Waals surface area contributed by atoms with E-state index in [2.05, 4.69) is 16.0 Å². The fourth-order valence-corrected chi connectivity index (χ4v) is 2.61. The largest absolute Gasteiger partial charge is 0.353 e. The standard InChI is InChI=1S/C19H25N3O2.ClH/c1-3-20-14(2)12-21-19(24)13-22-18(23)11-16-9-6-8-15-7-4-5-10-17(15)16;/h4-10,14,20H,3,11-13H2,1-2H3,(H,21,24)(H,22,23);1H/t14-;/m1./s1. The van der Waals surface area contributed by atoms with Crippen molar-refractivity contribution in [2.45, 2.75) is 26.3 Å². The molecule has 2 amide bonds. The first-order chi connectivity index (χ1) is 11.6. The van der Waals surface area contributed by atoms with Crippen LogP contribution in [-0.2, 0) is 16.0 Å². The number of carbonyl (C=O) groups excluding carboxylic acids is 2. The van der Waals surface area contributed by atoms with Gasteiger partial charge in [-0.1, -0.05) is 49.4 Å². The summed E-state index contributed by atoms with van der Waals surface area (Å²) in [5.74, 6) is -0.327. The normalized spacial score (nSPS) is 11.4. The van der Waals surface area contributed by atoms with E-state index in [1.807, 2.05) is 56.3 Å². The number of fused-ring (bicyclic) bond motifs is 1. The Balaban J connectivity index is 0.00000312. The molecule has 0 saturated heterocycles. The van der Waals surface area contributed by atoms with Gasteiger partial charge < -0.3 is 16.0 Å². The summed E-state index contributed by atoms with van der Waals surface area (Å²) in [6.45, 7) is 5.43. The summed E-state index contributed by atoms with van der Waals surface area (Å²) >= 11 is 0. The van der Waals surface area contributed by atoms with Crippen molar-refractivity contribution in [3.05, 3.63) is 48.0 Å². The lowest BCUT2D eigenvalue weighted by Gasteiger charge is -2.13. The average Bonchev–Trinajstić information content (AvgIpc) is 2.59. The molecule has 0 fully saturated rings. The Labute approximate surface area is 155 Å². The Hall–Kier alpha value is -2.11. The second-order valence-electron chi connectivity index (χ2n) is 5.85. The van der Waals surface area contributed by atoms with Crippen molar-refractivity contribution in [1.82, 2.24) is 16.0 Å². The second kappa shape index (κ2) is 10.7. The Kier molecular flexibility index (Phi) is 8.95. The summed E-state index contributed by atoms with van der Waals surface area (Å²) in [6.07, 6.45) is 0.266. The molecule has 0 aliphatic rings. The third kappa shape index (κ3) is 6.72. The molecular weight excluding hydrogens is 338 g/mol. The molecule has 0 heterocycles. The van der Waals surface area contributed by atoms with Crippen LogP contribution in [0.15, 0.2) is 42.5 Å². The highest BCUT2D eigenvalue weighted by atomic mass is 35.5. The van der Waals surface area contributed by atoms with Gasteiger partial charge in [-0.2, -0.15) is 0 Å². The second-order valence-corrected chi connectivity index (χ2v) is 5.85. The molecule has 5 nitrogen and oxygen atoms in total. The van der Waals surface area contributed by atoms with E-state index in [1.165, 1.54) is 0 Å². The van der Waals surface area contributed by atoms with Gasteiger partial charge in [-0.3, -0.25) is 9.59 Å². The minimum atomic E-state index is -0.175. The number of halogens is 1. The molecule has 0 bridgehead atoms. The molecule has 0 aliphatic carbocycles. The Morgan fingerprint density at radius 3 is 2.48 bits per heavy atom. The molecule has 6 heteroatoms. The van der Waals surface area contributed by atoms with Gasteiger partial charge in [-0.05, 0) is 29.8 Å². The average molecular weight is 364 g/mol. The van der Waals surface area contributed by atoms with E-state index in [1.54, 1.807) is 0 Å². The van der Waals surface area contributed by atoms with E-state index in [9.17, 15) is 9.59 Å². The third-order valence-electron chi connectivity index (χ3n) is 3.84. The number of rotatable bonds is 8. The molecule has 0 radical (unpaired) electrons. The Morgan fingerprint density at radius 1 is 1.00 bits per heavy atom. The Morgan fingerprint density at radius 2 is 1.72 bits per heavy atom. The van der Waals surface area contributed by atoms with Gasteiger partial charge in [0.05, 0.1) is 13.0 Å². The number of hydrogen-bond acceptors (Lipinski definition) is 3. The van der Waals surface area contributed by atoms with Crippen LogP contribution in [0, 0.1) is 0 Å². The fourth-order valence-electron chi connectivity index (χ4n) is 2.61. The smallest absolute Gasteiger partial charge is 0.239 e. The lowest BCUT2D eigenvalue weighted by atomic mass is 10.0. The van der Waals surface area contributed by atoms with Gasteiger partial charge in [0.2, 0.25) is 11.8 Å². The quantitative estimate of drug-likeness (QED) is 0.672. The maximum atomic E-state index is 12.1. The SMILES string of the molecule is CCN[C@H](C)CNC(=O)CNC(=O)Cc1cccc2ccccc12.Cl. The first-order valence-corrected chi connectivity index (χ1v) is 8.33. The minimum absolute atomic E-state index is 0. The summed E-state index contributed by atoms with van der Waals surface area (Å²) in [7, 11) is 0. The van der Waals surface area contributed by atoms with Gasteiger partial charge in [0, 0.05) is 12.6 Å². The van der Waals surface area contributed by atoms with Crippen molar-refractivity contribution in [3.8, 4) is 0 Å². The Bertz CT molecular complexity index is 701.